The van der Waals surface area contributed by atoms with Crippen molar-refractivity contribution in [1.82, 2.24) is 4.98 Å². The molecule has 0 unspecified atom stereocenters. The van der Waals surface area contributed by atoms with Gasteiger partial charge in [-0.15, -0.1) is 11.6 Å². The van der Waals surface area contributed by atoms with Crippen molar-refractivity contribution < 1.29 is 13.9 Å². The predicted octanol–water partition coefficient (Wildman–Crippen LogP) is 3.55. The third kappa shape index (κ3) is 3.58. The Morgan fingerprint density at radius 3 is 2.68 bits per heavy atom. The summed E-state index contributed by atoms with van der Waals surface area (Å²) >= 11 is 5.64. The number of hydrogen-bond acceptors (Lipinski definition) is 3. The number of halogens is 2. The number of alkyl halides is 1. The normalized spacial score (nSPS) is 10.3. The van der Waals surface area contributed by atoms with E-state index in [1.54, 1.807) is 30.5 Å². The molecule has 0 atom stereocenters. The molecule has 100 valence electrons. The molecule has 1 aromatic heterocycles. The fourth-order valence-corrected chi connectivity index (χ4v) is 1.70. The second-order valence-corrected chi connectivity index (χ2v) is 4.14. The number of nitrogens with zero attached hydrogens (tertiary/aromatic N) is 1. The number of ether oxygens (including phenoxy) is 2. The van der Waals surface area contributed by atoms with Crippen molar-refractivity contribution in [3.05, 3.63) is 53.6 Å². The Balaban J connectivity index is 1.99. The Labute approximate surface area is 115 Å². The topological polar surface area (TPSA) is 31.4 Å². The first-order valence-electron chi connectivity index (χ1n) is 5.69. The van der Waals surface area contributed by atoms with E-state index in [4.69, 9.17) is 21.1 Å². The quantitative estimate of drug-likeness (QED) is 0.786. The van der Waals surface area contributed by atoms with Crippen molar-refractivity contribution in [2.75, 3.05) is 7.11 Å². The zero-order chi connectivity index (χ0) is 13.7. The van der Waals surface area contributed by atoms with E-state index in [2.05, 4.69) is 4.98 Å². The molecule has 0 radical (unpaired) electrons. The van der Waals surface area contributed by atoms with Crippen LogP contribution in [0, 0.1) is 5.82 Å². The zero-order valence-electron chi connectivity index (χ0n) is 10.4. The highest BCUT2D eigenvalue weighted by Crippen LogP contribution is 2.19. The van der Waals surface area contributed by atoms with Crippen molar-refractivity contribution in [3.63, 3.8) is 0 Å². The lowest BCUT2D eigenvalue weighted by Crippen LogP contribution is -1.98. The first kappa shape index (κ1) is 13.6. The second kappa shape index (κ2) is 6.38. The molecule has 0 aliphatic carbocycles. The molecule has 0 saturated carbocycles. The third-order valence-corrected chi connectivity index (χ3v) is 2.83. The van der Waals surface area contributed by atoms with Gasteiger partial charge in [-0.25, -0.2) is 4.39 Å². The van der Waals surface area contributed by atoms with Gasteiger partial charge in [0.2, 0.25) is 0 Å². The van der Waals surface area contributed by atoms with Crippen molar-refractivity contribution >= 4 is 11.6 Å². The number of methoxy groups -OCH3 is 1. The maximum Gasteiger partial charge on any atom is 0.165 e. The number of pyridine rings is 1. The van der Waals surface area contributed by atoms with Crippen LogP contribution < -0.4 is 9.47 Å². The Kier molecular flexibility index (Phi) is 4.58. The lowest BCUT2D eigenvalue weighted by molar-refractivity contribution is 0.303. The fourth-order valence-electron chi connectivity index (χ4n) is 1.54. The number of hydrogen-bond donors (Lipinski definition) is 0. The molecule has 0 saturated heterocycles. The first-order valence-corrected chi connectivity index (χ1v) is 6.22. The van der Waals surface area contributed by atoms with Gasteiger partial charge in [0.15, 0.2) is 11.6 Å². The van der Waals surface area contributed by atoms with Gasteiger partial charge in [0.1, 0.15) is 12.4 Å². The molecular weight excluding hydrogens is 269 g/mol. The Morgan fingerprint density at radius 1 is 1.26 bits per heavy atom. The molecule has 0 spiro atoms. The van der Waals surface area contributed by atoms with Crippen LogP contribution in [0.5, 0.6) is 11.5 Å². The van der Waals surface area contributed by atoms with Crippen molar-refractivity contribution in [2.24, 2.45) is 0 Å². The van der Waals surface area contributed by atoms with Crippen LogP contribution in [0.25, 0.3) is 0 Å². The predicted molar refractivity (Wildman–Crippen MR) is 71.1 cm³/mol. The first-order chi connectivity index (χ1) is 9.22. The lowest BCUT2D eigenvalue weighted by Gasteiger charge is -2.08. The van der Waals surface area contributed by atoms with E-state index in [0.29, 0.717) is 11.6 Å². The average Bonchev–Trinajstić information content (AvgIpc) is 2.46. The van der Waals surface area contributed by atoms with Gasteiger partial charge in [-0.05, 0) is 29.8 Å². The van der Waals surface area contributed by atoms with Gasteiger partial charge in [0.05, 0.1) is 24.9 Å². The molecule has 0 aliphatic heterocycles. The number of rotatable bonds is 5. The summed E-state index contributed by atoms with van der Waals surface area (Å²) in [5.41, 5.74) is 1.50. The van der Waals surface area contributed by atoms with Crippen LogP contribution in [0.1, 0.15) is 11.3 Å². The highest BCUT2D eigenvalue weighted by Gasteiger charge is 2.04. The summed E-state index contributed by atoms with van der Waals surface area (Å²) in [6.07, 6.45) is 1.59. The summed E-state index contributed by atoms with van der Waals surface area (Å²) in [6.45, 7) is 0.267. The van der Waals surface area contributed by atoms with Gasteiger partial charge in [0.25, 0.3) is 0 Å². The highest BCUT2D eigenvalue weighted by atomic mass is 35.5. The monoisotopic (exact) mass is 281 g/mol. The second-order valence-electron chi connectivity index (χ2n) is 3.88. The zero-order valence-corrected chi connectivity index (χ0v) is 11.2. The molecule has 2 rings (SSSR count). The molecule has 2 aromatic rings. The Morgan fingerprint density at radius 2 is 2.11 bits per heavy atom. The Bertz CT molecular complexity index is 546. The van der Waals surface area contributed by atoms with E-state index >= 15 is 0 Å². The van der Waals surface area contributed by atoms with Crippen LogP contribution in [-0.2, 0) is 12.5 Å². The molecule has 1 heterocycles. The maximum atomic E-state index is 13.5. The van der Waals surface area contributed by atoms with Crippen LogP contribution in [-0.4, -0.2) is 12.1 Å². The van der Waals surface area contributed by atoms with Gasteiger partial charge in [-0.2, -0.15) is 0 Å². The average molecular weight is 282 g/mol. The summed E-state index contributed by atoms with van der Waals surface area (Å²) in [7, 11) is 1.43. The molecule has 0 N–H and O–H groups in total. The standard InChI is InChI=1S/C14H13ClFNO2/c1-18-14-5-2-10(6-13(14)16)9-19-12-4-3-11(7-15)17-8-12/h2-6,8H,7,9H2,1H3. The molecule has 1 aromatic carbocycles. The van der Waals surface area contributed by atoms with E-state index in [0.717, 1.165) is 11.3 Å². The minimum atomic E-state index is -0.404. The third-order valence-electron chi connectivity index (χ3n) is 2.56. The number of aromatic nitrogens is 1. The van der Waals surface area contributed by atoms with Crippen LogP contribution in [0.2, 0.25) is 0 Å². The highest BCUT2D eigenvalue weighted by molar-refractivity contribution is 6.16. The van der Waals surface area contributed by atoms with Gasteiger partial charge in [-0.1, -0.05) is 6.07 Å². The Hall–Kier alpha value is -1.81. The lowest BCUT2D eigenvalue weighted by atomic mass is 10.2. The SMILES string of the molecule is COc1ccc(COc2ccc(CCl)nc2)cc1F. The van der Waals surface area contributed by atoms with Crippen molar-refractivity contribution in [3.8, 4) is 11.5 Å². The fraction of sp³-hybridized carbons (Fsp3) is 0.214. The molecular formula is C14H13ClFNO2. The molecule has 19 heavy (non-hydrogen) atoms. The van der Waals surface area contributed by atoms with Crippen molar-refractivity contribution in [1.29, 1.82) is 0 Å². The van der Waals surface area contributed by atoms with Gasteiger partial charge >= 0.3 is 0 Å². The van der Waals surface area contributed by atoms with E-state index in [9.17, 15) is 4.39 Å². The van der Waals surface area contributed by atoms with E-state index < -0.39 is 5.82 Å². The van der Waals surface area contributed by atoms with Gasteiger partial charge in [0, 0.05) is 0 Å². The minimum absolute atomic E-state index is 0.219. The number of benzene rings is 1. The van der Waals surface area contributed by atoms with Crippen LogP contribution in [0.15, 0.2) is 36.5 Å². The van der Waals surface area contributed by atoms with E-state index in [-0.39, 0.29) is 12.4 Å². The summed E-state index contributed by atoms with van der Waals surface area (Å²) in [4.78, 5) is 4.10. The molecule has 0 bridgehead atoms. The van der Waals surface area contributed by atoms with Crippen molar-refractivity contribution in [2.45, 2.75) is 12.5 Å². The summed E-state index contributed by atoms with van der Waals surface area (Å²) in [5.74, 6) is 0.797. The maximum absolute atomic E-state index is 13.5. The van der Waals surface area contributed by atoms with Crippen LogP contribution >= 0.6 is 11.6 Å². The van der Waals surface area contributed by atoms with E-state index in [1.807, 2.05) is 0 Å². The minimum Gasteiger partial charge on any atom is -0.494 e. The van der Waals surface area contributed by atoms with Gasteiger partial charge in [-0.3, -0.25) is 4.98 Å². The smallest absolute Gasteiger partial charge is 0.165 e. The summed E-state index contributed by atoms with van der Waals surface area (Å²) < 4.78 is 23.8. The summed E-state index contributed by atoms with van der Waals surface area (Å²) in [6, 6.07) is 8.28. The van der Waals surface area contributed by atoms with Crippen LogP contribution in [0.4, 0.5) is 4.39 Å². The molecule has 5 heteroatoms. The molecule has 0 aliphatic rings. The molecule has 0 fully saturated rings. The summed E-state index contributed by atoms with van der Waals surface area (Å²) in [5, 5.41) is 0. The van der Waals surface area contributed by atoms with Gasteiger partial charge < -0.3 is 9.47 Å². The van der Waals surface area contributed by atoms with E-state index in [1.165, 1.54) is 13.2 Å². The molecule has 3 nitrogen and oxygen atoms in total. The largest absolute Gasteiger partial charge is 0.494 e. The van der Waals surface area contributed by atoms with Crippen LogP contribution in [0.3, 0.4) is 0 Å². The molecule has 0 amide bonds.